The predicted octanol–water partition coefficient (Wildman–Crippen LogP) is -5.17. The van der Waals surface area contributed by atoms with Crippen molar-refractivity contribution in [3.05, 3.63) is 0 Å². The molecule has 5 heteroatoms. The fourth-order valence-corrected chi connectivity index (χ4v) is 0. The maximum atomic E-state index is 5.79. The van der Waals surface area contributed by atoms with E-state index in [-0.39, 0.29) is 117 Å². The average Bonchev–Trinajstić information content (AvgIpc) is 0.918. The molecule has 0 heterocycles. The minimum Gasteiger partial charge on any atom is -1.00 e. The molecule has 0 aliphatic carbocycles. The van der Waals surface area contributed by atoms with Gasteiger partial charge in [0.2, 0.25) is 0 Å². The summed E-state index contributed by atoms with van der Waals surface area (Å²) < 4.78 is 11.6. The van der Waals surface area contributed by atoms with E-state index in [0.29, 0.717) is 0 Å². The van der Waals surface area contributed by atoms with Crippen molar-refractivity contribution >= 4 is 11.4 Å². The smallest absolute Gasteiger partial charge is 1.00 e. The molecule has 0 aromatic heterocycles. The zero-order chi connectivity index (χ0) is 2.71. The number of rotatable bonds is 0. The Kier molecular flexibility index (Phi) is 49.3. The van der Waals surface area contributed by atoms with Gasteiger partial charge in [-0.1, -0.05) is 0 Å². The molecule has 0 aromatic carbocycles. The summed E-state index contributed by atoms with van der Waals surface area (Å²) in [5.41, 5.74) is 0. The van der Waals surface area contributed by atoms with Gasteiger partial charge in [-0.05, 0) is 0 Å². The fourth-order valence-electron chi connectivity index (χ4n) is 0. The molecule has 0 aromatic rings. The van der Waals surface area contributed by atoms with Crippen LogP contribution in [0.25, 0.3) is 0 Å². The van der Waals surface area contributed by atoms with E-state index in [1.807, 2.05) is 0 Å². The van der Waals surface area contributed by atoms with Crippen LogP contribution >= 0.6 is 0 Å². The van der Waals surface area contributed by atoms with Crippen molar-refractivity contribution in [3.63, 3.8) is 0 Å². The molecule has 0 rings (SSSR count). The monoisotopic (exact) mass is 142 g/mol. The molecule has 5 heavy (non-hydrogen) atoms. The van der Waals surface area contributed by atoms with Crippen molar-refractivity contribution in [3.8, 4) is 0 Å². The van der Waals surface area contributed by atoms with Gasteiger partial charge in [0.15, 0.2) is 0 Å². The fraction of sp³-hybridized carbons (Fsp3) is 0. The first kappa shape index (κ1) is 15.7. The van der Waals surface area contributed by atoms with Gasteiger partial charge in [-0.25, -0.2) is 9.56 Å². The quantitative estimate of drug-likeness (QED) is 0.318. The molecule has 0 saturated carbocycles. The molecule has 2 N–H and O–H groups in total. The molecule has 0 amide bonds. The second-order valence-corrected chi connectivity index (χ2v) is 0.306. The normalized spacial score (nSPS) is 2.40. The predicted molar refractivity (Wildman–Crippen MR) is 15.0 cm³/mol. The van der Waals surface area contributed by atoms with Gasteiger partial charge < -0.3 is 2.85 Å². The first-order valence-corrected chi connectivity index (χ1v) is 1.22. The van der Waals surface area contributed by atoms with Crippen LogP contribution in [0.5, 0.6) is 0 Å². The summed E-state index contributed by atoms with van der Waals surface area (Å²) in [6.45, 7) is 0. The van der Waals surface area contributed by atoms with Gasteiger partial charge >= 0.3 is 103 Å². The largest absolute Gasteiger partial charge is 1.00 e. The van der Waals surface area contributed by atoms with Crippen LogP contribution < -0.4 is 103 Å². The minimum absolute atomic E-state index is 0. The SMILES string of the molecule is N=S=N.[H-].[H-].[K+].[K+]. The van der Waals surface area contributed by atoms with E-state index in [4.69, 9.17) is 9.56 Å². The third kappa shape index (κ3) is 19.2. The summed E-state index contributed by atoms with van der Waals surface area (Å²) in [4.78, 5) is 0. The Bertz CT molecular complexity index is 34.7. The van der Waals surface area contributed by atoms with Crippen LogP contribution in [0, 0.1) is 9.56 Å². The maximum absolute atomic E-state index is 5.79. The molecular weight excluding hydrogens is 138 g/mol. The Labute approximate surface area is 123 Å². The van der Waals surface area contributed by atoms with E-state index < -0.39 is 0 Å². The molecule has 0 aliphatic heterocycles. The maximum Gasteiger partial charge on any atom is 1.00 e. The van der Waals surface area contributed by atoms with Crippen LogP contribution in [0.15, 0.2) is 0 Å². The zero-order valence-electron chi connectivity index (χ0n) is 5.41. The standard InChI is InChI=1S/2K.H2N2S.2H/c;;1-3-2;;/h;;1-2H;;/q2*+1;;2*-1. The van der Waals surface area contributed by atoms with Gasteiger partial charge in [-0.3, -0.25) is 0 Å². The van der Waals surface area contributed by atoms with Crippen LogP contribution in [0.3, 0.4) is 0 Å². The van der Waals surface area contributed by atoms with Gasteiger partial charge in [-0.15, -0.1) is 0 Å². The third-order valence-electron chi connectivity index (χ3n) is 0. The van der Waals surface area contributed by atoms with E-state index in [0.717, 1.165) is 0 Å². The average molecular weight is 142 g/mol. The van der Waals surface area contributed by atoms with Crippen molar-refractivity contribution in [2.45, 2.75) is 0 Å². The zero-order valence-corrected chi connectivity index (χ0v) is 10.5. The second-order valence-electron chi connectivity index (χ2n) is 0.102. The summed E-state index contributed by atoms with van der Waals surface area (Å²) in [6, 6.07) is 0. The summed E-state index contributed by atoms with van der Waals surface area (Å²) >= 11 is 0.250. The second kappa shape index (κ2) is 15.7. The Morgan fingerprint density at radius 1 is 1.20 bits per heavy atom. The summed E-state index contributed by atoms with van der Waals surface area (Å²) in [5, 5.41) is 0. The topological polar surface area (TPSA) is 47.7 Å². The first-order valence-electron chi connectivity index (χ1n) is 0.408. The van der Waals surface area contributed by atoms with Crippen molar-refractivity contribution in [2.75, 3.05) is 0 Å². The molecule has 0 radical (unpaired) electrons. The number of nitrogens with one attached hydrogen (secondary N) is 2. The van der Waals surface area contributed by atoms with Crippen LogP contribution in [0.2, 0.25) is 0 Å². The van der Waals surface area contributed by atoms with Crippen LogP contribution in [-0.4, -0.2) is 0 Å². The molecule has 0 fully saturated rings. The van der Waals surface area contributed by atoms with E-state index in [2.05, 4.69) is 0 Å². The molecule has 0 unspecified atom stereocenters. The van der Waals surface area contributed by atoms with Crippen LogP contribution in [-0.2, 0) is 11.4 Å². The molecule has 22 valence electrons. The van der Waals surface area contributed by atoms with Gasteiger partial charge in [0, 0.05) is 0 Å². The summed E-state index contributed by atoms with van der Waals surface area (Å²) in [7, 11) is 0. The molecule has 0 bridgehead atoms. The third-order valence-corrected chi connectivity index (χ3v) is 0. The van der Waals surface area contributed by atoms with Crippen molar-refractivity contribution in [1.29, 1.82) is 9.56 Å². The Hall–Kier alpha value is 3.09. The van der Waals surface area contributed by atoms with E-state index in [1.165, 1.54) is 0 Å². The molecule has 0 atom stereocenters. The number of hydrogen-bond donors (Lipinski definition) is 2. The van der Waals surface area contributed by atoms with Crippen molar-refractivity contribution < 1.29 is 106 Å². The van der Waals surface area contributed by atoms with E-state index in [1.54, 1.807) is 0 Å². The van der Waals surface area contributed by atoms with Crippen LogP contribution in [0.4, 0.5) is 0 Å². The van der Waals surface area contributed by atoms with Crippen molar-refractivity contribution in [1.82, 2.24) is 0 Å². The molecule has 0 saturated heterocycles. The summed E-state index contributed by atoms with van der Waals surface area (Å²) in [5.74, 6) is 0. The molecule has 0 spiro atoms. The van der Waals surface area contributed by atoms with Crippen LogP contribution in [0.1, 0.15) is 2.85 Å². The Morgan fingerprint density at radius 3 is 1.20 bits per heavy atom. The van der Waals surface area contributed by atoms with Gasteiger partial charge in [0.25, 0.3) is 0 Å². The van der Waals surface area contributed by atoms with Gasteiger partial charge in [0.1, 0.15) is 0 Å². The molecule has 2 nitrogen and oxygen atoms in total. The Balaban J connectivity index is -0.00000000333. The summed E-state index contributed by atoms with van der Waals surface area (Å²) in [6.07, 6.45) is 0. The van der Waals surface area contributed by atoms with E-state index >= 15 is 0 Å². The van der Waals surface area contributed by atoms with Crippen molar-refractivity contribution in [2.24, 2.45) is 0 Å². The first-order chi connectivity index (χ1) is 1.41. The minimum atomic E-state index is 0. The van der Waals surface area contributed by atoms with Gasteiger partial charge in [0.05, 0.1) is 11.4 Å². The van der Waals surface area contributed by atoms with E-state index in [9.17, 15) is 0 Å². The Morgan fingerprint density at radius 2 is 1.20 bits per heavy atom. The molecule has 0 aliphatic rings. The number of hydrogen-bond acceptors (Lipinski definition) is 2. The van der Waals surface area contributed by atoms with Gasteiger partial charge in [-0.2, -0.15) is 0 Å². The molecular formula is H4K2N2S.